The van der Waals surface area contributed by atoms with Crippen LogP contribution in [0.4, 0.5) is 5.95 Å². The SMILES string of the molecule is Clc1nc(NCCN2CCCCC2)nc(-n2ccnc2)n1. The standard InChI is InChI=1S/C13H18ClN7/c14-11-17-12(16-5-8-20-6-2-1-3-7-20)19-13(18-11)21-9-4-15-10-21/h4,9-10H,1-3,5-8H2,(H,16,17,18,19). The van der Waals surface area contributed by atoms with Crippen LogP contribution in [0, 0.1) is 0 Å². The molecule has 0 bridgehead atoms. The zero-order chi connectivity index (χ0) is 14.5. The number of hydrogen-bond donors (Lipinski definition) is 1. The molecule has 8 heteroatoms. The number of nitrogens with one attached hydrogen (secondary N) is 1. The number of nitrogens with zero attached hydrogens (tertiary/aromatic N) is 6. The van der Waals surface area contributed by atoms with E-state index in [1.54, 1.807) is 23.3 Å². The molecule has 0 aliphatic carbocycles. The van der Waals surface area contributed by atoms with Gasteiger partial charge in [0, 0.05) is 25.5 Å². The summed E-state index contributed by atoms with van der Waals surface area (Å²) < 4.78 is 1.70. The van der Waals surface area contributed by atoms with Crippen LogP contribution in [0.2, 0.25) is 5.28 Å². The Balaban J connectivity index is 1.60. The highest BCUT2D eigenvalue weighted by atomic mass is 35.5. The molecule has 1 saturated heterocycles. The van der Waals surface area contributed by atoms with Gasteiger partial charge in [-0.3, -0.25) is 4.57 Å². The molecule has 0 atom stereocenters. The zero-order valence-electron chi connectivity index (χ0n) is 11.7. The Morgan fingerprint density at radius 3 is 2.76 bits per heavy atom. The highest BCUT2D eigenvalue weighted by Gasteiger charge is 2.10. The van der Waals surface area contributed by atoms with Crippen LogP contribution in [0.5, 0.6) is 0 Å². The van der Waals surface area contributed by atoms with E-state index in [4.69, 9.17) is 11.6 Å². The van der Waals surface area contributed by atoms with Gasteiger partial charge >= 0.3 is 0 Å². The number of rotatable bonds is 5. The third kappa shape index (κ3) is 3.89. The molecular formula is C13H18ClN7. The molecule has 0 aromatic carbocycles. The van der Waals surface area contributed by atoms with Crippen molar-refractivity contribution in [2.24, 2.45) is 0 Å². The number of anilines is 1. The van der Waals surface area contributed by atoms with Gasteiger partial charge in [0.1, 0.15) is 6.33 Å². The normalized spacial score (nSPS) is 16.0. The quantitative estimate of drug-likeness (QED) is 0.905. The fourth-order valence-electron chi connectivity index (χ4n) is 2.42. The maximum absolute atomic E-state index is 5.95. The predicted molar refractivity (Wildman–Crippen MR) is 80.7 cm³/mol. The summed E-state index contributed by atoms with van der Waals surface area (Å²) in [5.41, 5.74) is 0. The average Bonchev–Trinajstić information content (AvgIpc) is 3.02. The molecular weight excluding hydrogens is 290 g/mol. The van der Waals surface area contributed by atoms with E-state index in [2.05, 4.69) is 30.2 Å². The Kier molecular flexibility index (Phi) is 4.62. The van der Waals surface area contributed by atoms with E-state index >= 15 is 0 Å². The van der Waals surface area contributed by atoms with Gasteiger partial charge in [-0.1, -0.05) is 6.42 Å². The van der Waals surface area contributed by atoms with Gasteiger partial charge in [0.05, 0.1) is 0 Å². The Morgan fingerprint density at radius 1 is 1.14 bits per heavy atom. The van der Waals surface area contributed by atoms with Gasteiger partial charge in [-0.15, -0.1) is 0 Å². The zero-order valence-corrected chi connectivity index (χ0v) is 12.5. The summed E-state index contributed by atoms with van der Waals surface area (Å²) in [6.45, 7) is 4.15. The third-order valence-corrected chi connectivity index (χ3v) is 3.66. The summed E-state index contributed by atoms with van der Waals surface area (Å²) >= 11 is 5.95. The van der Waals surface area contributed by atoms with Crippen molar-refractivity contribution in [3.63, 3.8) is 0 Å². The maximum Gasteiger partial charge on any atom is 0.241 e. The molecule has 21 heavy (non-hydrogen) atoms. The second-order valence-electron chi connectivity index (χ2n) is 5.03. The number of likely N-dealkylation sites (tertiary alicyclic amines) is 1. The number of hydrogen-bond acceptors (Lipinski definition) is 6. The first-order chi connectivity index (χ1) is 10.3. The number of imidazole rings is 1. The smallest absolute Gasteiger partial charge is 0.241 e. The molecule has 0 amide bonds. The molecule has 0 saturated carbocycles. The first-order valence-corrected chi connectivity index (χ1v) is 7.55. The molecule has 7 nitrogen and oxygen atoms in total. The van der Waals surface area contributed by atoms with E-state index in [0.29, 0.717) is 11.9 Å². The molecule has 1 N–H and O–H groups in total. The summed E-state index contributed by atoms with van der Waals surface area (Å²) in [6, 6.07) is 0. The Morgan fingerprint density at radius 2 is 2.00 bits per heavy atom. The highest BCUT2D eigenvalue weighted by Crippen LogP contribution is 2.10. The lowest BCUT2D eigenvalue weighted by Crippen LogP contribution is -2.33. The predicted octanol–water partition coefficient (Wildman–Crippen LogP) is 1.61. The molecule has 1 fully saturated rings. The van der Waals surface area contributed by atoms with Gasteiger partial charge in [0.25, 0.3) is 0 Å². The van der Waals surface area contributed by atoms with E-state index in [9.17, 15) is 0 Å². The summed E-state index contributed by atoms with van der Waals surface area (Å²) in [4.78, 5) is 19.0. The van der Waals surface area contributed by atoms with Crippen molar-refractivity contribution in [3.8, 4) is 5.95 Å². The molecule has 1 aliphatic heterocycles. The van der Waals surface area contributed by atoms with Crippen LogP contribution in [-0.4, -0.2) is 55.6 Å². The number of piperidine rings is 1. The maximum atomic E-state index is 5.95. The molecule has 2 aromatic rings. The minimum absolute atomic E-state index is 0.175. The summed E-state index contributed by atoms with van der Waals surface area (Å²) in [5, 5.41) is 3.39. The van der Waals surface area contributed by atoms with Crippen LogP contribution >= 0.6 is 11.6 Å². The lowest BCUT2D eigenvalue weighted by atomic mass is 10.1. The van der Waals surface area contributed by atoms with E-state index in [1.807, 2.05) is 0 Å². The van der Waals surface area contributed by atoms with Crippen LogP contribution in [-0.2, 0) is 0 Å². The first kappa shape index (κ1) is 14.2. The first-order valence-electron chi connectivity index (χ1n) is 7.17. The molecule has 1 aliphatic rings. The van der Waals surface area contributed by atoms with Crippen molar-refractivity contribution in [1.29, 1.82) is 0 Å². The minimum atomic E-state index is 0.175. The molecule has 0 unspecified atom stereocenters. The monoisotopic (exact) mass is 307 g/mol. The van der Waals surface area contributed by atoms with Crippen LogP contribution in [0.1, 0.15) is 19.3 Å². The Hall–Kier alpha value is -1.73. The van der Waals surface area contributed by atoms with Crippen LogP contribution < -0.4 is 5.32 Å². The second kappa shape index (κ2) is 6.82. The van der Waals surface area contributed by atoms with Crippen LogP contribution in [0.25, 0.3) is 5.95 Å². The molecule has 2 aromatic heterocycles. The van der Waals surface area contributed by atoms with E-state index in [0.717, 1.165) is 13.1 Å². The molecule has 0 radical (unpaired) electrons. The topological polar surface area (TPSA) is 71.8 Å². The average molecular weight is 308 g/mol. The van der Waals surface area contributed by atoms with Crippen molar-refractivity contribution >= 4 is 17.5 Å². The third-order valence-electron chi connectivity index (χ3n) is 3.49. The van der Waals surface area contributed by atoms with Gasteiger partial charge in [-0.2, -0.15) is 15.0 Å². The van der Waals surface area contributed by atoms with Crippen molar-refractivity contribution in [2.45, 2.75) is 19.3 Å². The largest absolute Gasteiger partial charge is 0.353 e. The van der Waals surface area contributed by atoms with Crippen molar-refractivity contribution in [1.82, 2.24) is 29.4 Å². The Bertz CT molecular complexity index is 566. The van der Waals surface area contributed by atoms with E-state index in [1.165, 1.54) is 32.4 Å². The molecule has 0 spiro atoms. The second-order valence-corrected chi connectivity index (χ2v) is 5.37. The van der Waals surface area contributed by atoms with Crippen molar-refractivity contribution in [3.05, 3.63) is 24.0 Å². The van der Waals surface area contributed by atoms with Crippen molar-refractivity contribution in [2.75, 3.05) is 31.5 Å². The van der Waals surface area contributed by atoms with Gasteiger partial charge in [-0.05, 0) is 37.5 Å². The molecule has 112 valence electrons. The lowest BCUT2D eigenvalue weighted by Gasteiger charge is -2.26. The Labute approximate surface area is 128 Å². The number of aromatic nitrogens is 5. The van der Waals surface area contributed by atoms with Gasteiger partial charge < -0.3 is 10.2 Å². The summed E-state index contributed by atoms with van der Waals surface area (Å²) in [5.74, 6) is 0.962. The molecule has 3 heterocycles. The number of halogens is 1. The highest BCUT2D eigenvalue weighted by molar-refractivity contribution is 6.28. The fraction of sp³-hybridized carbons (Fsp3) is 0.538. The fourth-order valence-corrected chi connectivity index (χ4v) is 2.58. The molecule has 3 rings (SSSR count). The van der Waals surface area contributed by atoms with Gasteiger partial charge in [-0.25, -0.2) is 4.98 Å². The van der Waals surface area contributed by atoms with E-state index in [-0.39, 0.29) is 5.28 Å². The minimum Gasteiger partial charge on any atom is -0.353 e. The van der Waals surface area contributed by atoms with Gasteiger partial charge in [0.2, 0.25) is 17.2 Å². The summed E-state index contributed by atoms with van der Waals surface area (Å²) in [6.07, 6.45) is 9.00. The van der Waals surface area contributed by atoms with Crippen LogP contribution in [0.3, 0.4) is 0 Å². The lowest BCUT2D eigenvalue weighted by molar-refractivity contribution is 0.237. The van der Waals surface area contributed by atoms with Crippen molar-refractivity contribution < 1.29 is 0 Å². The van der Waals surface area contributed by atoms with E-state index < -0.39 is 0 Å². The van der Waals surface area contributed by atoms with Gasteiger partial charge in [0.15, 0.2) is 0 Å². The van der Waals surface area contributed by atoms with Crippen LogP contribution in [0.15, 0.2) is 18.7 Å². The summed E-state index contributed by atoms with van der Waals surface area (Å²) in [7, 11) is 0.